The van der Waals surface area contributed by atoms with Crippen molar-refractivity contribution in [3.05, 3.63) is 59.1 Å². The van der Waals surface area contributed by atoms with Gasteiger partial charge in [0.05, 0.1) is 18.3 Å². The van der Waals surface area contributed by atoms with E-state index in [1.54, 1.807) is 24.3 Å². The van der Waals surface area contributed by atoms with Crippen molar-refractivity contribution in [1.82, 2.24) is 20.4 Å². The number of carbonyl (C=O) groups is 4. The molecule has 1 spiro atoms. The SMILES string of the molecule is CNC(=O)NC1=CC=C2C(CC[C@]23CN(CC(=O)N2[C@H](c4ccc(F)cc4)CC[C@H]2C2CC2)C(=O)O3)C1=O. The summed E-state index contributed by atoms with van der Waals surface area (Å²) in [6.07, 6.45) is 7.60. The number of likely N-dealkylation sites (tertiary alicyclic amines) is 1. The Bertz CT molecular complexity index is 1260. The number of hydrogen-bond donors (Lipinski definition) is 2. The number of Topliss-reactive ketones (excluding diaryl/α,β-unsaturated/α-hetero) is 1. The van der Waals surface area contributed by atoms with E-state index in [9.17, 15) is 23.6 Å². The predicted molar refractivity (Wildman–Crippen MR) is 134 cm³/mol. The summed E-state index contributed by atoms with van der Waals surface area (Å²) in [5.41, 5.74) is 0.873. The zero-order valence-corrected chi connectivity index (χ0v) is 21.2. The molecule has 9 nitrogen and oxygen atoms in total. The van der Waals surface area contributed by atoms with Crippen LogP contribution in [0.4, 0.5) is 14.0 Å². The number of nitrogens with zero attached hydrogens (tertiary/aromatic N) is 2. The van der Waals surface area contributed by atoms with E-state index in [0.29, 0.717) is 18.8 Å². The summed E-state index contributed by atoms with van der Waals surface area (Å²) in [6.45, 7) is 0.0924. The fraction of sp³-hybridized carbons (Fsp3) is 0.500. The van der Waals surface area contributed by atoms with Crippen LogP contribution in [0.3, 0.4) is 0 Å². The van der Waals surface area contributed by atoms with Gasteiger partial charge in [-0.1, -0.05) is 18.2 Å². The first-order valence-electron chi connectivity index (χ1n) is 13.3. The molecule has 0 radical (unpaired) electrons. The van der Waals surface area contributed by atoms with Gasteiger partial charge < -0.3 is 20.3 Å². The minimum atomic E-state index is -0.954. The number of fused-ring (bicyclic) bond motifs is 2. The van der Waals surface area contributed by atoms with Gasteiger partial charge in [0.1, 0.15) is 12.4 Å². The lowest BCUT2D eigenvalue weighted by molar-refractivity contribution is -0.135. The molecule has 5 aliphatic rings. The predicted octanol–water partition coefficient (Wildman–Crippen LogP) is 3.19. The van der Waals surface area contributed by atoms with Crippen LogP contribution in [0.5, 0.6) is 0 Å². The molecule has 4 fully saturated rings. The third-order valence-corrected chi connectivity index (χ3v) is 8.68. The number of hydrogen-bond acceptors (Lipinski definition) is 5. The average molecular weight is 523 g/mol. The summed E-state index contributed by atoms with van der Waals surface area (Å²) >= 11 is 0. The number of ketones is 1. The molecule has 2 aliphatic heterocycles. The summed E-state index contributed by atoms with van der Waals surface area (Å²) in [5, 5.41) is 4.98. The van der Waals surface area contributed by atoms with Gasteiger partial charge in [0, 0.05) is 19.0 Å². The first kappa shape index (κ1) is 24.6. The lowest BCUT2D eigenvalue weighted by Crippen LogP contribution is -2.45. The fourth-order valence-electron chi connectivity index (χ4n) is 6.70. The Morgan fingerprint density at radius 1 is 1.08 bits per heavy atom. The highest BCUT2D eigenvalue weighted by molar-refractivity contribution is 6.03. The van der Waals surface area contributed by atoms with Crippen LogP contribution in [-0.4, -0.2) is 65.4 Å². The van der Waals surface area contributed by atoms with Crippen LogP contribution in [-0.2, 0) is 14.3 Å². The van der Waals surface area contributed by atoms with Crippen molar-refractivity contribution >= 4 is 23.8 Å². The number of allylic oxidation sites excluding steroid dienone is 3. The van der Waals surface area contributed by atoms with E-state index >= 15 is 0 Å². The van der Waals surface area contributed by atoms with Crippen LogP contribution >= 0.6 is 0 Å². The Labute approximate surface area is 220 Å². The van der Waals surface area contributed by atoms with Crippen molar-refractivity contribution in [1.29, 1.82) is 0 Å². The van der Waals surface area contributed by atoms with E-state index in [1.165, 1.54) is 24.1 Å². The lowest BCUT2D eigenvalue weighted by atomic mass is 9.85. The van der Waals surface area contributed by atoms with Crippen LogP contribution in [0.15, 0.2) is 47.7 Å². The maximum atomic E-state index is 13.7. The van der Waals surface area contributed by atoms with Gasteiger partial charge in [-0.3, -0.25) is 14.5 Å². The highest BCUT2D eigenvalue weighted by atomic mass is 19.1. The molecule has 3 aliphatic carbocycles. The van der Waals surface area contributed by atoms with E-state index in [0.717, 1.165) is 36.8 Å². The lowest BCUT2D eigenvalue weighted by Gasteiger charge is -2.32. The largest absolute Gasteiger partial charge is 0.436 e. The van der Waals surface area contributed by atoms with Gasteiger partial charge in [-0.05, 0) is 73.8 Å². The minimum Gasteiger partial charge on any atom is -0.436 e. The second-order valence-electron chi connectivity index (χ2n) is 10.9. The number of ether oxygens (including phenoxy) is 1. The molecule has 1 aromatic rings. The van der Waals surface area contributed by atoms with E-state index in [-0.39, 0.29) is 48.4 Å². The number of rotatable bonds is 5. The molecule has 6 rings (SSSR count). The topological polar surface area (TPSA) is 108 Å². The Morgan fingerprint density at radius 3 is 2.55 bits per heavy atom. The third kappa shape index (κ3) is 4.16. The molecule has 0 bridgehead atoms. The van der Waals surface area contributed by atoms with Gasteiger partial charge in [-0.25, -0.2) is 14.0 Å². The van der Waals surface area contributed by atoms with Crippen LogP contribution in [0, 0.1) is 17.7 Å². The molecule has 0 aromatic heterocycles. The number of urea groups is 1. The van der Waals surface area contributed by atoms with Gasteiger partial charge >= 0.3 is 12.1 Å². The van der Waals surface area contributed by atoms with Gasteiger partial charge in [-0.2, -0.15) is 0 Å². The van der Waals surface area contributed by atoms with Crippen molar-refractivity contribution in [2.75, 3.05) is 20.1 Å². The van der Waals surface area contributed by atoms with Crippen molar-refractivity contribution in [2.24, 2.45) is 11.8 Å². The van der Waals surface area contributed by atoms with Crippen LogP contribution in [0.1, 0.15) is 50.1 Å². The molecular weight excluding hydrogens is 491 g/mol. The van der Waals surface area contributed by atoms with Crippen molar-refractivity contribution in [3.63, 3.8) is 0 Å². The first-order chi connectivity index (χ1) is 18.3. The van der Waals surface area contributed by atoms with Gasteiger partial charge in [-0.15, -0.1) is 0 Å². The maximum absolute atomic E-state index is 13.7. The van der Waals surface area contributed by atoms with E-state index in [2.05, 4.69) is 10.6 Å². The zero-order chi connectivity index (χ0) is 26.6. The number of amides is 4. The standard InChI is InChI=1S/C28H31FN4O5/c1-30-26(36)31-21-9-8-20-19(25(21)35)12-13-28(20)15-32(27(37)38-28)14-24(34)33-22(16-2-3-16)10-11-23(33)17-4-6-18(29)7-5-17/h4-9,16,19,22-23H,2-3,10-15H2,1H3,(H2,30,31,36)/t19?,22-,23-,28-/m0/s1. The van der Waals surface area contributed by atoms with Gasteiger partial charge in [0.15, 0.2) is 11.4 Å². The Kier molecular flexibility index (Phi) is 6.00. The van der Waals surface area contributed by atoms with E-state index in [1.807, 2.05) is 4.90 Å². The summed E-state index contributed by atoms with van der Waals surface area (Å²) < 4.78 is 19.4. The quantitative estimate of drug-likeness (QED) is 0.618. The molecule has 10 heteroatoms. The summed E-state index contributed by atoms with van der Waals surface area (Å²) in [5.74, 6) is -0.663. The monoisotopic (exact) mass is 522 g/mol. The average Bonchev–Trinajstić information content (AvgIpc) is 3.43. The fourth-order valence-corrected chi connectivity index (χ4v) is 6.70. The summed E-state index contributed by atoms with van der Waals surface area (Å²) in [6, 6.07) is 5.81. The van der Waals surface area contributed by atoms with Crippen molar-refractivity contribution < 1.29 is 28.3 Å². The van der Waals surface area contributed by atoms with Crippen LogP contribution in [0.25, 0.3) is 0 Å². The number of halogens is 1. The Balaban J connectivity index is 1.20. The normalized spacial score (nSPS) is 30.2. The Morgan fingerprint density at radius 2 is 1.84 bits per heavy atom. The van der Waals surface area contributed by atoms with E-state index in [4.69, 9.17) is 4.74 Å². The van der Waals surface area contributed by atoms with Crippen molar-refractivity contribution in [3.8, 4) is 0 Å². The molecule has 2 heterocycles. The zero-order valence-electron chi connectivity index (χ0n) is 21.2. The number of carbonyl (C=O) groups excluding carboxylic acids is 4. The molecule has 4 amide bonds. The molecule has 2 saturated carbocycles. The van der Waals surface area contributed by atoms with Crippen LogP contribution in [0.2, 0.25) is 0 Å². The highest BCUT2D eigenvalue weighted by Gasteiger charge is 2.56. The molecule has 1 unspecified atom stereocenters. The second kappa shape index (κ2) is 9.25. The van der Waals surface area contributed by atoms with Crippen LogP contribution < -0.4 is 10.6 Å². The van der Waals surface area contributed by atoms with Gasteiger partial charge in [0.2, 0.25) is 5.91 Å². The summed E-state index contributed by atoms with van der Waals surface area (Å²) in [4.78, 5) is 54.8. The third-order valence-electron chi connectivity index (χ3n) is 8.68. The van der Waals surface area contributed by atoms with Crippen molar-refractivity contribution in [2.45, 2.75) is 56.2 Å². The molecule has 200 valence electrons. The number of nitrogens with one attached hydrogen (secondary N) is 2. The first-order valence-corrected chi connectivity index (χ1v) is 13.3. The minimum absolute atomic E-state index is 0.104. The maximum Gasteiger partial charge on any atom is 0.411 e. The molecule has 38 heavy (non-hydrogen) atoms. The smallest absolute Gasteiger partial charge is 0.411 e. The molecular formula is C28H31FN4O5. The molecule has 1 aromatic carbocycles. The number of benzene rings is 1. The Hall–Kier alpha value is -3.69. The van der Waals surface area contributed by atoms with E-state index < -0.39 is 23.6 Å². The highest BCUT2D eigenvalue weighted by Crippen LogP contribution is 2.49. The molecule has 2 N–H and O–H groups in total. The summed E-state index contributed by atoms with van der Waals surface area (Å²) in [7, 11) is 1.47. The van der Waals surface area contributed by atoms with Gasteiger partial charge in [0.25, 0.3) is 0 Å². The molecule has 2 saturated heterocycles. The second-order valence-corrected chi connectivity index (χ2v) is 10.9. The molecule has 4 atom stereocenters.